The summed E-state index contributed by atoms with van der Waals surface area (Å²) >= 11 is 0. The zero-order chi connectivity index (χ0) is 13.4. The van der Waals surface area contributed by atoms with Crippen LogP contribution < -0.4 is 0 Å². The summed E-state index contributed by atoms with van der Waals surface area (Å²) in [4.78, 5) is 0. The lowest BCUT2D eigenvalue weighted by Gasteiger charge is -2.38. The first-order chi connectivity index (χ1) is 10.7. The molecule has 2 heteroatoms. The van der Waals surface area contributed by atoms with E-state index in [1.165, 1.54) is 0 Å². The molecule has 12 saturated carbocycles. The Hall–Kier alpha value is -0.0800. The highest BCUT2D eigenvalue weighted by molar-refractivity contribution is 5.51. The van der Waals surface area contributed by atoms with Gasteiger partial charge in [-0.25, -0.2) is 0 Å². The Morgan fingerprint density at radius 1 is 0.318 bits per heavy atom. The van der Waals surface area contributed by atoms with Crippen LogP contribution in [0.1, 0.15) is 0 Å². The van der Waals surface area contributed by atoms with Gasteiger partial charge >= 0.3 is 0 Å². The van der Waals surface area contributed by atoms with Gasteiger partial charge in [0.2, 0.25) is 0 Å². The number of rotatable bonds is 0. The Kier molecular flexibility index (Phi) is 0.818. The van der Waals surface area contributed by atoms with E-state index in [1.54, 1.807) is 0 Å². The van der Waals surface area contributed by atoms with E-state index in [1.807, 2.05) is 0 Å². The first kappa shape index (κ1) is 9.42. The molecule has 0 bridgehead atoms. The van der Waals surface area contributed by atoms with E-state index in [0.29, 0.717) is 23.7 Å². The van der Waals surface area contributed by atoms with Crippen molar-refractivity contribution in [3.05, 3.63) is 0 Å². The molecule has 0 amide bonds. The van der Waals surface area contributed by atoms with Gasteiger partial charge in [-0.05, 0) is 107 Å². The zero-order valence-corrected chi connectivity index (χ0v) is 12.3. The molecular formula is C20H20O2. The highest BCUT2D eigenvalue weighted by Crippen LogP contribution is 3.03. The second-order valence-corrected chi connectivity index (χ2v) is 11.9. The minimum atomic E-state index is -0.228. The van der Waals surface area contributed by atoms with Crippen molar-refractivity contribution in [1.82, 2.24) is 0 Å². The largest absolute Gasteiger partial charge is 0.389 e. The third-order valence-electron chi connectivity index (χ3n) is 13.5. The van der Waals surface area contributed by atoms with Crippen molar-refractivity contribution in [3.63, 3.8) is 0 Å². The molecule has 0 aromatic rings. The van der Waals surface area contributed by atoms with E-state index in [2.05, 4.69) is 0 Å². The predicted molar refractivity (Wildman–Crippen MR) is 72.7 cm³/mol. The van der Waals surface area contributed by atoms with Crippen LogP contribution in [0.25, 0.3) is 0 Å². The van der Waals surface area contributed by atoms with E-state index in [0.717, 1.165) is 82.9 Å². The SMILES string of the molecule is OC12C3C4C5C6C3C3C7C6C6C5C5C4C1C1C(C32)C7C6(O)C51. The van der Waals surface area contributed by atoms with Crippen LogP contribution in [0.2, 0.25) is 0 Å². The molecule has 2 nitrogen and oxygen atoms in total. The molecule has 0 heterocycles. The highest BCUT2D eigenvalue weighted by atomic mass is 16.3. The van der Waals surface area contributed by atoms with Gasteiger partial charge in [0.05, 0.1) is 11.2 Å². The predicted octanol–water partition coefficient (Wildman–Crippen LogP) is 0.690. The minimum absolute atomic E-state index is 0.228. The van der Waals surface area contributed by atoms with Crippen LogP contribution in [-0.4, -0.2) is 21.4 Å². The summed E-state index contributed by atoms with van der Waals surface area (Å²) in [5, 5.41) is 24.2. The van der Waals surface area contributed by atoms with Crippen LogP contribution in [0.5, 0.6) is 0 Å². The summed E-state index contributed by atoms with van der Waals surface area (Å²) in [6.45, 7) is 0. The molecule has 12 aliphatic rings. The molecule has 0 radical (unpaired) electrons. The minimum Gasteiger partial charge on any atom is -0.389 e. The van der Waals surface area contributed by atoms with Crippen molar-refractivity contribution in [2.24, 2.45) is 107 Å². The average molecular weight is 292 g/mol. The first-order valence-corrected chi connectivity index (χ1v) is 10.2. The lowest BCUT2D eigenvalue weighted by atomic mass is 9.73. The molecule has 0 saturated heterocycles. The maximum Gasteiger partial charge on any atom is 0.0748 e. The van der Waals surface area contributed by atoms with Gasteiger partial charge in [0.15, 0.2) is 0 Å². The summed E-state index contributed by atoms with van der Waals surface area (Å²) in [7, 11) is 0. The number of hydrogen-bond acceptors (Lipinski definition) is 2. The van der Waals surface area contributed by atoms with Crippen LogP contribution >= 0.6 is 0 Å². The normalized spacial score (nSPS) is 106. The number of hydrogen-bond donors (Lipinski definition) is 2. The molecule has 22 heavy (non-hydrogen) atoms. The summed E-state index contributed by atoms with van der Waals surface area (Å²) in [6, 6.07) is 0. The molecule has 0 aromatic carbocycles. The Morgan fingerprint density at radius 2 is 0.545 bits per heavy atom. The highest BCUT2D eigenvalue weighted by Gasteiger charge is 3.04. The van der Waals surface area contributed by atoms with Gasteiger partial charge in [0.25, 0.3) is 0 Å². The van der Waals surface area contributed by atoms with E-state index in [4.69, 9.17) is 0 Å². The lowest BCUT2D eigenvalue weighted by Crippen LogP contribution is -2.46. The van der Waals surface area contributed by atoms with E-state index >= 15 is 0 Å². The third kappa shape index (κ3) is 0.410. The standard InChI is InChI=1S/C20H20O2/c21-19-13-3-1-2-5(13)9-10-6(2)14-4(1)8-7(3)15(19)11-12(17(9)19)18(10)20(14,22)16(8)11/h1-18,21-22H. The van der Waals surface area contributed by atoms with Crippen molar-refractivity contribution < 1.29 is 10.2 Å². The second kappa shape index (κ2) is 1.91. The van der Waals surface area contributed by atoms with Gasteiger partial charge in [0.1, 0.15) is 0 Å². The van der Waals surface area contributed by atoms with E-state index in [-0.39, 0.29) is 11.2 Å². The van der Waals surface area contributed by atoms with Crippen molar-refractivity contribution in [3.8, 4) is 0 Å². The smallest absolute Gasteiger partial charge is 0.0748 e. The van der Waals surface area contributed by atoms with Crippen molar-refractivity contribution >= 4 is 0 Å². The summed E-state index contributed by atoms with van der Waals surface area (Å²) in [5.74, 6) is 14.8. The first-order valence-electron chi connectivity index (χ1n) is 10.2. The van der Waals surface area contributed by atoms with Gasteiger partial charge in [0, 0.05) is 0 Å². The molecule has 0 spiro atoms. The van der Waals surface area contributed by atoms with Crippen LogP contribution in [-0.2, 0) is 0 Å². The summed E-state index contributed by atoms with van der Waals surface area (Å²) in [6.07, 6.45) is 0. The molecule has 0 aromatic heterocycles. The van der Waals surface area contributed by atoms with Crippen LogP contribution in [0, 0.1) is 107 Å². The second-order valence-electron chi connectivity index (χ2n) is 11.9. The molecule has 12 unspecified atom stereocenters. The van der Waals surface area contributed by atoms with Gasteiger partial charge in [-0.15, -0.1) is 0 Å². The fourth-order valence-corrected chi connectivity index (χ4v) is 15.4. The van der Waals surface area contributed by atoms with E-state index in [9.17, 15) is 10.2 Å². The maximum atomic E-state index is 12.1. The molecule has 12 rings (SSSR count). The monoisotopic (exact) mass is 292 g/mol. The molecule has 12 aliphatic carbocycles. The zero-order valence-electron chi connectivity index (χ0n) is 12.3. The van der Waals surface area contributed by atoms with Crippen LogP contribution in [0.3, 0.4) is 0 Å². The quantitative estimate of drug-likeness (QED) is 0.690. The third-order valence-corrected chi connectivity index (χ3v) is 13.5. The van der Waals surface area contributed by atoms with Gasteiger partial charge in [-0.2, -0.15) is 0 Å². The van der Waals surface area contributed by atoms with E-state index < -0.39 is 0 Å². The Morgan fingerprint density at radius 3 is 0.864 bits per heavy atom. The fraction of sp³-hybridized carbons (Fsp3) is 1.00. The fourth-order valence-electron chi connectivity index (χ4n) is 15.4. The Bertz CT molecular complexity index is 686. The summed E-state index contributed by atoms with van der Waals surface area (Å²) in [5.41, 5.74) is -0.455. The summed E-state index contributed by atoms with van der Waals surface area (Å²) < 4.78 is 0. The Balaban J connectivity index is 1.49. The van der Waals surface area contributed by atoms with Crippen molar-refractivity contribution in [2.45, 2.75) is 11.2 Å². The van der Waals surface area contributed by atoms with Gasteiger partial charge < -0.3 is 10.2 Å². The maximum absolute atomic E-state index is 12.1. The van der Waals surface area contributed by atoms with Crippen LogP contribution in [0.4, 0.5) is 0 Å². The van der Waals surface area contributed by atoms with Gasteiger partial charge in [-0.3, -0.25) is 0 Å². The molecule has 12 fully saturated rings. The Labute approximate surface area is 128 Å². The molecule has 112 valence electrons. The lowest BCUT2D eigenvalue weighted by molar-refractivity contribution is -0.0855. The van der Waals surface area contributed by atoms with Crippen molar-refractivity contribution in [1.29, 1.82) is 0 Å². The number of aliphatic hydroxyl groups is 2. The van der Waals surface area contributed by atoms with Gasteiger partial charge in [-0.1, -0.05) is 0 Å². The van der Waals surface area contributed by atoms with Crippen molar-refractivity contribution in [2.75, 3.05) is 0 Å². The molecule has 0 aliphatic heterocycles. The molecule has 12 atom stereocenters. The van der Waals surface area contributed by atoms with Crippen LogP contribution in [0.15, 0.2) is 0 Å². The average Bonchev–Trinajstić information content (AvgIpc) is 3.15. The molecule has 2 N–H and O–H groups in total. The topological polar surface area (TPSA) is 40.5 Å². The molecular weight excluding hydrogens is 272 g/mol.